The molecule has 1 aliphatic heterocycles. The van der Waals surface area contributed by atoms with Gasteiger partial charge in [0.05, 0.1) is 6.61 Å². The van der Waals surface area contributed by atoms with Crippen LogP contribution in [0.4, 0.5) is 0 Å². The Balaban J connectivity index is 2.26. The number of rotatable bonds is 3. The van der Waals surface area contributed by atoms with Crippen molar-refractivity contribution >= 4 is 7.75 Å². The summed E-state index contributed by atoms with van der Waals surface area (Å²) in [6, 6.07) is 9.86. The Morgan fingerprint density at radius 2 is 2.06 bits per heavy atom. The summed E-state index contributed by atoms with van der Waals surface area (Å²) in [6.45, 7) is 4.20. The quantitative estimate of drug-likeness (QED) is 0.777. The van der Waals surface area contributed by atoms with Crippen LogP contribution in [0.1, 0.15) is 25.5 Å². The topological polar surface area (TPSA) is 38.8 Å². The maximum Gasteiger partial charge on any atom is 0.408 e. The maximum atomic E-state index is 12.4. The van der Waals surface area contributed by atoms with E-state index in [0.717, 1.165) is 5.56 Å². The molecule has 1 aromatic carbocycles. The first-order valence-electron chi connectivity index (χ1n) is 5.79. The summed E-state index contributed by atoms with van der Waals surface area (Å²) in [4.78, 5) is 0. The predicted molar refractivity (Wildman–Crippen MR) is 66.7 cm³/mol. The van der Waals surface area contributed by atoms with Gasteiger partial charge in [0.1, 0.15) is 6.10 Å². The van der Waals surface area contributed by atoms with Crippen LogP contribution >= 0.6 is 7.75 Å². The van der Waals surface area contributed by atoms with Crippen molar-refractivity contribution in [2.45, 2.75) is 26.0 Å². The van der Waals surface area contributed by atoms with E-state index in [1.54, 1.807) is 11.7 Å². The lowest BCUT2D eigenvalue weighted by atomic mass is 10.0. The minimum atomic E-state index is -3.11. The summed E-state index contributed by atoms with van der Waals surface area (Å²) < 4.78 is 25.1. The zero-order valence-corrected chi connectivity index (χ0v) is 11.3. The molecular weight excluding hydrogens is 237 g/mol. The first-order valence-corrected chi connectivity index (χ1v) is 7.29. The molecule has 0 N–H and O–H groups in total. The van der Waals surface area contributed by atoms with Gasteiger partial charge in [0, 0.05) is 6.04 Å². The molecule has 4 nitrogen and oxygen atoms in total. The molecule has 5 heteroatoms. The van der Waals surface area contributed by atoms with E-state index in [9.17, 15) is 4.57 Å². The highest BCUT2D eigenvalue weighted by atomic mass is 31.2. The Morgan fingerprint density at radius 3 is 2.65 bits per heavy atom. The van der Waals surface area contributed by atoms with Crippen LogP contribution in [0.25, 0.3) is 0 Å². The van der Waals surface area contributed by atoms with Crippen molar-refractivity contribution in [3.63, 3.8) is 0 Å². The fourth-order valence-corrected chi connectivity index (χ4v) is 3.86. The smallest absolute Gasteiger partial charge is 0.297 e. The molecule has 0 aliphatic carbocycles. The number of likely N-dealkylation sites (N-methyl/N-ethyl adjacent to an activating group) is 1. The van der Waals surface area contributed by atoms with Crippen molar-refractivity contribution in [1.29, 1.82) is 0 Å². The van der Waals surface area contributed by atoms with E-state index < -0.39 is 7.75 Å². The van der Waals surface area contributed by atoms with Crippen LogP contribution < -0.4 is 0 Å². The van der Waals surface area contributed by atoms with Gasteiger partial charge in [-0.05, 0) is 26.5 Å². The molecule has 1 fully saturated rings. The van der Waals surface area contributed by atoms with E-state index in [-0.39, 0.29) is 12.1 Å². The number of hydrogen-bond acceptors (Lipinski definition) is 3. The van der Waals surface area contributed by atoms with Crippen molar-refractivity contribution in [1.82, 2.24) is 4.67 Å². The Bertz CT molecular complexity index is 423. The van der Waals surface area contributed by atoms with Gasteiger partial charge in [-0.15, -0.1) is 0 Å². The Morgan fingerprint density at radius 1 is 1.41 bits per heavy atom. The molecule has 1 aliphatic rings. The highest BCUT2D eigenvalue weighted by molar-refractivity contribution is 7.51. The van der Waals surface area contributed by atoms with E-state index in [1.807, 2.05) is 44.2 Å². The minimum absolute atomic E-state index is 0.0368. The number of hydrogen-bond donors (Lipinski definition) is 0. The molecular formula is C12H18NO3P. The second-order valence-corrected chi connectivity index (χ2v) is 6.17. The van der Waals surface area contributed by atoms with Crippen LogP contribution in [-0.4, -0.2) is 24.4 Å². The van der Waals surface area contributed by atoms with Crippen molar-refractivity contribution in [3.05, 3.63) is 35.9 Å². The zero-order chi connectivity index (χ0) is 12.5. The Hall–Kier alpha value is -0.670. The third-order valence-corrected chi connectivity index (χ3v) is 5.30. The van der Waals surface area contributed by atoms with Crippen LogP contribution in [0, 0.1) is 0 Å². The van der Waals surface area contributed by atoms with Gasteiger partial charge in [-0.2, -0.15) is 0 Å². The van der Waals surface area contributed by atoms with E-state index in [1.165, 1.54) is 0 Å². The van der Waals surface area contributed by atoms with Crippen LogP contribution in [0.5, 0.6) is 0 Å². The second-order valence-electron chi connectivity index (χ2n) is 4.14. The Kier molecular flexibility index (Phi) is 3.69. The first-order chi connectivity index (χ1) is 8.08. The molecule has 0 aromatic heterocycles. The fourth-order valence-electron chi connectivity index (χ4n) is 1.99. The molecule has 17 heavy (non-hydrogen) atoms. The van der Waals surface area contributed by atoms with Gasteiger partial charge in [-0.25, -0.2) is 9.24 Å². The summed E-state index contributed by atoms with van der Waals surface area (Å²) >= 11 is 0. The molecule has 0 saturated carbocycles. The zero-order valence-electron chi connectivity index (χ0n) is 10.4. The van der Waals surface area contributed by atoms with Crippen molar-refractivity contribution in [2.24, 2.45) is 0 Å². The summed E-state index contributed by atoms with van der Waals surface area (Å²) in [5.74, 6) is 0. The standard InChI is InChI=1S/C12H18NO3P/c1-4-15-17(14)13(3)10(2)12(16-17)11-8-6-5-7-9-11/h5-10,12H,4H2,1-3H3/t10-,12-,17-/m0/s1. The second kappa shape index (κ2) is 4.91. The summed E-state index contributed by atoms with van der Waals surface area (Å²) in [5, 5.41) is 0. The van der Waals surface area contributed by atoms with Gasteiger partial charge in [0.15, 0.2) is 0 Å². The average molecular weight is 255 g/mol. The maximum absolute atomic E-state index is 12.4. The molecule has 0 bridgehead atoms. The van der Waals surface area contributed by atoms with Crippen LogP contribution in [0.3, 0.4) is 0 Å². The molecule has 1 aromatic rings. The molecule has 0 spiro atoms. The van der Waals surface area contributed by atoms with E-state index in [0.29, 0.717) is 6.61 Å². The first kappa shape index (κ1) is 12.8. The van der Waals surface area contributed by atoms with Crippen LogP contribution in [0.15, 0.2) is 30.3 Å². The van der Waals surface area contributed by atoms with E-state index >= 15 is 0 Å². The van der Waals surface area contributed by atoms with Crippen LogP contribution in [-0.2, 0) is 13.6 Å². The third-order valence-electron chi connectivity index (χ3n) is 3.08. The largest absolute Gasteiger partial charge is 0.408 e. The van der Waals surface area contributed by atoms with E-state index in [2.05, 4.69) is 0 Å². The van der Waals surface area contributed by atoms with Crippen molar-refractivity contribution < 1.29 is 13.6 Å². The SMILES string of the molecule is CCO[P@]1(=O)O[C@H](c2ccccc2)[C@H](C)N1C. The average Bonchev–Trinajstić information content (AvgIpc) is 2.56. The van der Waals surface area contributed by atoms with Gasteiger partial charge in [-0.1, -0.05) is 30.3 Å². The van der Waals surface area contributed by atoms with Gasteiger partial charge in [-0.3, -0.25) is 9.05 Å². The van der Waals surface area contributed by atoms with Gasteiger partial charge in [0.25, 0.3) is 0 Å². The molecule has 3 atom stereocenters. The number of nitrogens with zero attached hydrogens (tertiary/aromatic N) is 1. The van der Waals surface area contributed by atoms with Gasteiger partial charge >= 0.3 is 7.75 Å². The predicted octanol–water partition coefficient (Wildman–Crippen LogP) is 3.22. The number of benzene rings is 1. The molecule has 1 saturated heterocycles. The fraction of sp³-hybridized carbons (Fsp3) is 0.500. The molecule has 0 radical (unpaired) electrons. The molecule has 0 amide bonds. The van der Waals surface area contributed by atoms with Crippen molar-refractivity contribution in [2.75, 3.05) is 13.7 Å². The Labute approximate surface area is 102 Å². The van der Waals surface area contributed by atoms with Gasteiger partial charge in [0.2, 0.25) is 0 Å². The highest BCUT2D eigenvalue weighted by Crippen LogP contribution is 2.62. The molecule has 94 valence electrons. The normalized spacial score (nSPS) is 34.1. The third kappa shape index (κ3) is 2.31. The van der Waals surface area contributed by atoms with Gasteiger partial charge < -0.3 is 0 Å². The molecule has 0 unspecified atom stereocenters. The monoisotopic (exact) mass is 255 g/mol. The summed E-state index contributed by atoms with van der Waals surface area (Å²) in [7, 11) is -1.32. The lowest BCUT2D eigenvalue weighted by Gasteiger charge is -2.19. The minimum Gasteiger partial charge on any atom is -0.297 e. The van der Waals surface area contributed by atoms with Crippen molar-refractivity contribution in [3.8, 4) is 0 Å². The highest BCUT2D eigenvalue weighted by Gasteiger charge is 2.47. The van der Waals surface area contributed by atoms with Crippen LogP contribution in [0.2, 0.25) is 0 Å². The molecule has 1 heterocycles. The lowest BCUT2D eigenvalue weighted by Crippen LogP contribution is -2.23. The molecule has 2 rings (SSSR count). The lowest BCUT2D eigenvalue weighted by molar-refractivity contribution is 0.175. The summed E-state index contributed by atoms with van der Waals surface area (Å²) in [5.41, 5.74) is 1.03. The van der Waals surface area contributed by atoms with E-state index in [4.69, 9.17) is 9.05 Å². The summed E-state index contributed by atoms with van der Waals surface area (Å²) in [6.07, 6.45) is -0.196.